The Hall–Kier alpha value is -2.77. The number of aryl methyl sites for hydroxylation is 1. The van der Waals surface area contributed by atoms with Gasteiger partial charge in [0.1, 0.15) is 5.54 Å². The quantitative estimate of drug-likeness (QED) is 0.548. The third-order valence-electron chi connectivity index (χ3n) is 5.66. The third-order valence-corrected chi connectivity index (χ3v) is 5.66. The summed E-state index contributed by atoms with van der Waals surface area (Å²) in [7, 11) is 0. The van der Waals surface area contributed by atoms with Gasteiger partial charge in [-0.3, -0.25) is 14.5 Å². The highest BCUT2D eigenvalue weighted by Crippen LogP contribution is 2.35. The Bertz CT molecular complexity index is 788. The average molecular weight is 387 g/mol. The van der Waals surface area contributed by atoms with Gasteiger partial charge < -0.3 is 20.1 Å². The number of nitrogens with zero attached hydrogens (tertiary/aromatic N) is 1. The van der Waals surface area contributed by atoms with Crippen LogP contribution in [0, 0.1) is 0 Å². The summed E-state index contributed by atoms with van der Waals surface area (Å²) in [5, 5.41) is 5.72. The van der Waals surface area contributed by atoms with Crippen LogP contribution in [-0.2, 0) is 16.0 Å². The normalized spacial score (nSPS) is 19.4. The van der Waals surface area contributed by atoms with Crippen molar-refractivity contribution in [3.63, 3.8) is 0 Å². The SMILES string of the molecule is O=C(CCc1ccc2c(c1)OCO2)NCCCN1C(=O)NC2(CCCC2)C1=O. The van der Waals surface area contributed by atoms with Crippen molar-refractivity contribution < 1.29 is 23.9 Å². The Morgan fingerprint density at radius 1 is 1.18 bits per heavy atom. The zero-order valence-corrected chi connectivity index (χ0v) is 15.8. The Morgan fingerprint density at radius 3 is 2.79 bits per heavy atom. The summed E-state index contributed by atoms with van der Waals surface area (Å²) >= 11 is 0. The summed E-state index contributed by atoms with van der Waals surface area (Å²) in [6.45, 7) is 0.997. The van der Waals surface area contributed by atoms with Gasteiger partial charge in [0.15, 0.2) is 11.5 Å². The van der Waals surface area contributed by atoms with Gasteiger partial charge in [-0.05, 0) is 43.4 Å². The minimum atomic E-state index is -0.662. The molecule has 4 rings (SSSR count). The van der Waals surface area contributed by atoms with E-state index in [0.717, 1.165) is 37.0 Å². The molecule has 3 aliphatic rings. The molecule has 150 valence electrons. The summed E-state index contributed by atoms with van der Waals surface area (Å²) in [6, 6.07) is 5.37. The van der Waals surface area contributed by atoms with Crippen molar-refractivity contribution in [2.75, 3.05) is 19.9 Å². The number of nitrogens with one attached hydrogen (secondary N) is 2. The van der Waals surface area contributed by atoms with Gasteiger partial charge in [0.05, 0.1) is 0 Å². The lowest BCUT2D eigenvalue weighted by atomic mass is 9.98. The van der Waals surface area contributed by atoms with Crippen molar-refractivity contribution in [2.24, 2.45) is 0 Å². The Balaban J connectivity index is 1.17. The second-order valence-electron chi connectivity index (χ2n) is 7.57. The first-order valence-corrected chi connectivity index (χ1v) is 9.87. The van der Waals surface area contributed by atoms with E-state index in [1.54, 1.807) is 0 Å². The van der Waals surface area contributed by atoms with Crippen LogP contribution in [-0.4, -0.2) is 48.2 Å². The van der Waals surface area contributed by atoms with Crippen molar-refractivity contribution in [1.82, 2.24) is 15.5 Å². The molecule has 1 spiro atoms. The smallest absolute Gasteiger partial charge is 0.325 e. The molecule has 0 bridgehead atoms. The molecule has 2 heterocycles. The van der Waals surface area contributed by atoms with Gasteiger partial charge in [0.2, 0.25) is 12.7 Å². The molecule has 0 unspecified atom stereocenters. The molecule has 8 heteroatoms. The highest BCUT2D eigenvalue weighted by atomic mass is 16.7. The largest absolute Gasteiger partial charge is 0.454 e. The molecule has 0 atom stereocenters. The van der Waals surface area contributed by atoms with E-state index in [4.69, 9.17) is 9.47 Å². The second kappa shape index (κ2) is 7.69. The first-order valence-electron chi connectivity index (χ1n) is 9.87. The monoisotopic (exact) mass is 387 g/mol. The summed E-state index contributed by atoms with van der Waals surface area (Å²) in [5.74, 6) is 1.28. The molecule has 2 aliphatic heterocycles. The molecule has 28 heavy (non-hydrogen) atoms. The van der Waals surface area contributed by atoms with Crippen molar-refractivity contribution in [3.05, 3.63) is 23.8 Å². The van der Waals surface area contributed by atoms with E-state index in [9.17, 15) is 14.4 Å². The van der Waals surface area contributed by atoms with Crippen LogP contribution in [0.5, 0.6) is 11.5 Å². The van der Waals surface area contributed by atoms with Crippen LogP contribution < -0.4 is 20.1 Å². The van der Waals surface area contributed by atoms with E-state index in [-0.39, 0.29) is 24.6 Å². The molecule has 1 aromatic carbocycles. The summed E-state index contributed by atoms with van der Waals surface area (Å²) < 4.78 is 10.6. The number of carbonyl (C=O) groups excluding carboxylic acids is 3. The third kappa shape index (κ3) is 3.63. The number of ether oxygens (including phenoxy) is 2. The molecule has 1 saturated heterocycles. The van der Waals surface area contributed by atoms with Gasteiger partial charge >= 0.3 is 6.03 Å². The van der Waals surface area contributed by atoms with Gasteiger partial charge in [0, 0.05) is 19.5 Å². The molecule has 1 aliphatic carbocycles. The number of carbonyl (C=O) groups is 3. The Kier molecular flexibility index (Phi) is 5.11. The lowest BCUT2D eigenvalue weighted by Crippen LogP contribution is -2.44. The van der Waals surface area contributed by atoms with Gasteiger partial charge in [-0.15, -0.1) is 0 Å². The zero-order valence-electron chi connectivity index (χ0n) is 15.8. The number of hydrogen-bond acceptors (Lipinski definition) is 5. The lowest BCUT2D eigenvalue weighted by molar-refractivity contribution is -0.131. The molecule has 4 amide bonds. The standard InChI is InChI=1S/C20H25N3O5/c24-17(7-5-14-4-6-15-16(12-14)28-13-27-15)21-10-3-11-23-18(25)20(22-19(23)26)8-1-2-9-20/h4,6,12H,1-3,5,7-11,13H2,(H,21,24)(H,22,26). The molecular formula is C20H25N3O5. The number of hydrogen-bond donors (Lipinski definition) is 2. The van der Waals surface area contributed by atoms with E-state index in [1.807, 2.05) is 18.2 Å². The first-order chi connectivity index (χ1) is 13.6. The van der Waals surface area contributed by atoms with E-state index >= 15 is 0 Å². The highest BCUT2D eigenvalue weighted by molar-refractivity contribution is 6.07. The topological polar surface area (TPSA) is 97.0 Å². The van der Waals surface area contributed by atoms with E-state index < -0.39 is 5.54 Å². The number of fused-ring (bicyclic) bond motifs is 1. The van der Waals surface area contributed by atoms with Crippen LogP contribution in [0.2, 0.25) is 0 Å². The molecule has 1 aromatic rings. The van der Waals surface area contributed by atoms with Crippen LogP contribution in [0.15, 0.2) is 18.2 Å². The van der Waals surface area contributed by atoms with Gasteiger partial charge in [0.25, 0.3) is 5.91 Å². The average Bonchev–Trinajstić information content (AvgIpc) is 3.39. The summed E-state index contributed by atoms with van der Waals surface area (Å²) in [4.78, 5) is 38.0. The maximum atomic E-state index is 12.5. The van der Waals surface area contributed by atoms with Gasteiger partial charge in [-0.2, -0.15) is 0 Å². The number of benzene rings is 1. The van der Waals surface area contributed by atoms with Crippen LogP contribution >= 0.6 is 0 Å². The van der Waals surface area contributed by atoms with Crippen molar-refractivity contribution in [1.29, 1.82) is 0 Å². The Morgan fingerprint density at radius 2 is 1.96 bits per heavy atom. The fourth-order valence-corrected chi connectivity index (χ4v) is 4.10. The van der Waals surface area contributed by atoms with Crippen LogP contribution in [0.25, 0.3) is 0 Å². The second-order valence-corrected chi connectivity index (χ2v) is 7.57. The highest BCUT2D eigenvalue weighted by Gasteiger charge is 2.51. The van der Waals surface area contributed by atoms with Crippen LogP contribution in [0.1, 0.15) is 44.1 Å². The van der Waals surface area contributed by atoms with Crippen LogP contribution in [0.3, 0.4) is 0 Å². The van der Waals surface area contributed by atoms with E-state index in [1.165, 1.54) is 4.90 Å². The van der Waals surface area contributed by atoms with Crippen molar-refractivity contribution in [2.45, 2.75) is 50.5 Å². The number of imide groups is 1. The summed E-state index contributed by atoms with van der Waals surface area (Å²) in [5.41, 5.74) is 0.353. The minimum Gasteiger partial charge on any atom is -0.454 e. The van der Waals surface area contributed by atoms with E-state index in [2.05, 4.69) is 10.6 Å². The van der Waals surface area contributed by atoms with E-state index in [0.29, 0.717) is 38.1 Å². The van der Waals surface area contributed by atoms with Gasteiger partial charge in [-0.1, -0.05) is 18.9 Å². The number of amides is 4. The van der Waals surface area contributed by atoms with Crippen LogP contribution in [0.4, 0.5) is 4.79 Å². The fraction of sp³-hybridized carbons (Fsp3) is 0.550. The number of urea groups is 1. The first kappa shape index (κ1) is 18.6. The maximum Gasteiger partial charge on any atom is 0.325 e. The molecule has 2 fully saturated rings. The molecular weight excluding hydrogens is 362 g/mol. The Labute approximate surface area is 163 Å². The predicted octanol–water partition coefficient (Wildman–Crippen LogP) is 1.72. The molecule has 1 saturated carbocycles. The minimum absolute atomic E-state index is 0.0536. The molecule has 8 nitrogen and oxygen atoms in total. The van der Waals surface area contributed by atoms with Gasteiger partial charge in [-0.25, -0.2) is 4.79 Å². The fourth-order valence-electron chi connectivity index (χ4n) is 4.10. The molecule has 0 aromatic heterocycles. The number of rotatable bonds is 7. The summed E-state index contributed by atoms with van der Waals surface area (Å²) in [6.07, 6.45) is 4.92. The molecule has 2 N–H and O–H groups in total. The van der Waals surface area contributed by atoms with Crippen molar-refractivity contribution >= 4 is 17.8 Å². The molecule has 0 radical (unpaired) electrons. The van der Waals surface area contributed by atoms with Crippen molar-refractivity contribution in [3.8, 4) is 11.5 Å². The zero-order chi connectivity index (χ0) is 19.6. The predicted molar refractivity (Wildman–Crippen MR) is 100.0 cm³/mol. The lowest BCUT2D eigenvalue weighted by Gasteiger charge is -2.20. The maximum absolute atomic E-state index is 12.5.